The largest absolute Gasteiger partial charge is 0.296 e. The van der Waals surface area contributed by atoms with E-state index in [1.54, 1.807) is 10.8 Å². The third-order valence-corrected chi connectivity index (χ3v) is 2.12. The van der Waals surface area contributed by atoms with E-state index in [4.69, 9.17) is 11.6 Å². The molecule has 0 fully saturated rings. The number of aryl methyl sites for hydroxylation is 1. The van der Waals surface area contributed by atoms with Gasteiger partial charge in [0.05, 0.1) is 12.2 Å². The summed E-state index contributed by atoms with van der Waals surface area (Å²) in [5, 5.41) is 15.7. The molecule has 0 aliphatic carbocycles. The quantitative estimate of drug-likeness (QED) is 0.743. The fraction of sp³-hybridized carbons (Fsp3) is 0.250. The van der Waals surface area contributed by atoms with Crippen LogP contribution in [0.2, 0.25) is 5.28 Å². The first-order valence-electron chi connectivity index (χ1n) is 4.09. The molecule has 0 spiro atoms. The lowest BCUT2D eigenvalue weighted by Crippen LogP contribution is -2.04. The maximum atomic E-state index is 5.84. The van der Waals surface area contributed by atoms with E-state index in [-0.39, 0.29) is 0 Å². The minimum absolute atomic E-state index is 0.369. The zero-order chi connectivity index (χ0) is 9.97. The Bertz CT molecular complexity index is 405. The molecular formula is C8H8ClN5. The van der Waals surface area contributed by atoms with Crippen LogP contribution in [0, 0.1) is 6.92 Å². The lowest BCUT2D eigenvalue weighted by molar-refractivity contribution is 0.726. The Labute approximate surface area is 85.8 Å². The average Bonchev–Trinajstić information content (AvgIpc) is 2.51. The number of halogens is 1. The van der Waals surface area contributed by atoms with Crippen molar-refractivity contribution in [2.24, 2.45) is 0 Å². The standard InChI is InChI=1S/C8H8ClN5/c1-6-11-13-8(9)14(6)5-7-3-2-4-10-12-7/h2-4H,5H2,1H3. The Balaban J connectivity index is 2.27. The molecular weight excluding hydrogens is 202 g/mol. The first-order chi connectivity index (χ1) is 6.77. The minimum Gasteiger partial charge on any atom is -0.296 e. The summed E-state index contributed by atoms with van der Waals surface area (Å²) in [6.45, 7) is 2.39. The maximum absolute atomic E-state index is 5.84. The second kappa shape index (κ2) is 3.71. The van der Waals surface area contributed by atoms with Gasteiger partial charge in [0.2, 0.25) is 5.28 Å². The van der Waals surface area contributed by atoms with Gasteiger partial charge in [0, 0.05) is 6.20 Å². The smallest absolute Gasteiger partial charge is 0.225 e. The molecule has 5 nitrogen and oxygen atoms in total. The topological polar surface area (TPSA) is 56.5 Å². The Morgan fingerprint density at radius 1 is 1.36 bits per heavy atom. The first-order valence-corrected chi connectivity index (χ1v) is 4.47. The van der Waals surface area contributed by atoms with Crippen molar-refractivity contribution in [1.82, 2.24) is 25.0 Å². The van der Waals surface area contributed by atoms with Gasteiger partial charge in [-0.15, -0.1) is 10.2 Å². The van der Waals surface area contributed by atoms with Crippen LogP contribution >= 0.6 is 11.6 Å². The molecule has 0 amide bonds. The van der Waals surface area contributed by atoms with Gasteiger partial charge in [0.25, 0.3) is 0 Å². The van der Waals surface area contributed by atoms with Gasteiger partial charge in [-0.3, -0.25) is 4.57 Å². The van der Waals surface area contributed by atoms with Crippen molar-refractivity contribution in [2.75, 3.05) is 0 Å². The van der Waals surface area contributed by atoms with Gasteiger partial charge in [0.15, 0.2) is 0 Å². The highest BCUT2D eigenvalue weighted by Crippen LogP contribution is 2.09. The van der Waals surface area contributed by atoms with E-state index < -0.39 is 0 Å². The highest BCUT2D eigenvalue weighted by molar-refractivity contribution is 6.28. The Kier molecular flexibility index (Phi) is 2.41. The molecule has 0 atom stereocenters. The predicted octanol–water partition coefficient (Wildman–Crippen LogP) is 1.08. The van der Waals surface area contributed by atoms with Gasteiger partial charge in [-0.25, -0.2) is 0 Å². The Hall–Kier alpha value is -1.49. The maximum Gasteiger partial charge on any atom is 0.225 e. The molecule has 14 heavy (non-hydrogen) atoms. The molecule has 0 radical (unpaired) electrons. The van der Waals surface area contributed by atoms with Crippen LogP contribution in [0.1, 0.15) is 11.5 Å². The van der Waals surface area contributed by atoms with Crippen LogP contribution in [0.25, 0.3) is 0 Å². The summed E-state index contributed by atoms with van der Waals surface area (Å²) in [5.41, 5.74) is 0.831. The number of nitrogens with zero attached hydrogens (tertiary/aromatic N) is 5. The van der Waals surface area contributed by atoms with Crippen molar-refractivity contribution < 1.29 is 0 Å². The van der Waals surface area contributed by atoms with Crippen molar-refractivity contribution >= 4 is 11.6 Å². The highest BCUT2D eigenvalue weighted by Gasteiger charge is 2.06. The summed E-state index contributed by atoms with van der Waals surface area (Å²) in [6, 6.07) is 3.71. The fourth-order valence-electron chi connectivity index (χ4n) is 1.11. The van der Waals surface area contributed by atoms with Crippen molar-refractivity contribution in [3.8, 4) is 0 Å². The fourth-order valence-corrected chi connectivity index (χ4v) is 1.33. The minimum atomic E-state index is 0.369. The van der Waals surface area contributed by atoms with Gasteiger partial charge in [0.1, 0.15) is 5.82 Å². The monoisotopic (exact) mass is 209 g/mol. The molecule has 2 rings (SSSR count). The van der Waals surface area contributed by atoms with Gasteiger partial charge in [-0.05, 0) is 30.7 Å². The van der Waals surface area contributed by atoms with Gasteiger partial charge < -0.3 is 0 Å². The third-order valence-electron chi connectivity index (χ3n) is 1.84. The zero-order valence-electron chi connectivity index (χ0n) is 7.55. The third kappa shape index (κ3) is 1.72. The van der Waals surface area contributed by atoms with Crippen LogP contribution in [0.3, 0.4) is 0 Å². The van der Waals surface area contributed by atoms with Crippen LogP contribution < -0.4 is 0 Å². The molecule has 0 aliphatic rings. The molecule has 2 aromatic heterocycles. The lowest BCUT2D eigenvalue weighted by Gasteiger charge is -2.02. The van der Waals surface area contributed by atoms with Gasteiger partial charge >= 0.3 is 0 Å². The second-order valence-corrected chi connectivity index (χ2v) is 3.16. The molecule has 6 heteroatoms. The summed E-state index contributed by atoms with van der Waals surface area (Å²) in [6.07, 6.45) is 1.63. The molecule has 2 aromatic rings. The van der Waals surface area contributed by atoms with E-state index in [1.807, 2.05) is 19.1 Å². The Morgan fingerprint density at radius 3 is 2.79 bits per heavy atom. The molecule has 0 saturated carbocycles. The lowest BCUT2D eigenvalue weighted by atomic mass is 10.4. The molecule has 2 heterocycles. The van der Waals surface area contributed by atoms with Crippen LogP contribution in [-0.4, -0.2) is 25.0 Å². The SMILES string of the molecule is Cc1nnc(Cl)n1Cc1cccnn1. The molecule has 0 unspecified atom stereocenters. The van der Waals surface area contributed by atoms with E-state index >= 15 is 0 Å². The summed E-state index contributed by atoms with van der Waals surface area (Å²) in [5.74, 6) is 0.764. The van der Waals surface area contributed by atoms with Crippen LogP contribution in [0.5, 0.6) is 0 Å². The second-order valence-electron chi connectivity index (χ2n) is 2.82. The van der Waals surface area contributed by atoms with E-state index in [9.17, 15) is 0 Å². The molecule has 72 valence electrons. The number of rotatable bonds is 2. The van der Waals surface area contributed by atoms with E-state index in [1.165, 1.54) is 0 Å². The van der Waals surface area contributed by atoms with Crippen LogP contribution in [0.15, 0.2) is 18.3 Å². The van der Waals surface area contributed by atoms with E-state index in [0.29, 0.717) is 11.8 Å². The van der Waals surface area contributed by atoms with Gasteiger partial charge in [-0.2, -0.15) is 10.2 Å². The normalized spacial score (nSPS) is 10.4. The van der Waals surface area contributed by atoms with Crippen LogP contribution in [0.4, 0.5) is 0 Å². The van der Waals surface area contributed by atoms with E-state index in [2.05, 4.69) is 20.4 Å². The molecule has 0 aliphatic heterocycles. The molecule has 0 N–H and O–H groups in total. The summed E-state index contributed by atoms with van der Waals surface area (Å²) >= 11 is 5.84. The summed E-state index contributed by atoms with van der Waals surface area (Å²) in [4.78, 5) is 0. The Morgan fingerprint density at radius 2 is 2.21 bits per heavy atom. The van der Waals surface area contributed by atoms with Crippen molar-refractivity contribution in [3.63, 3.8) is 0 Å². The van der Waals surface area contributed by atoms with Crippen molar-refractivity contribution in [2.45, 2.75) is 13.5 Å². The average molecular weight is 210 g/mol. The first kappa shape index (κ1) is 9.08. The van der Waals surface area contributed by atoms with Crippen molar-refractivity contribution in [1.29, 1.82) is 0 Å². The highest BCUT2D eigenvalue weighted by atomic mass is 35.5. The van der Waals surface area contributed by atoms with Crippen molar-refractivity contribution in [3.05, 3.63) is 35.1 Å². The summed E-state index contributed by atoms with van der Waals surface area (Å²) < 4.78 is 1.77. The zero-order valence-corrected chi connectivity index (χ0v) is 8.31. The number of hydrogen-bond acceptors (Lipinski definition) is 4. The molecule has 0 bridgehead atoms. The predicted molar refractivity (Wildman–Crippen MR) is 50.9 cm³/mol. The van der Waals surface area contributed by atoms with E-state index in [0.717, 1.165) is 11.5 Å². The molecule has 0 saturated heterocycles. The molecule has 0 aromatic carbocycles. The number of aromatic nitrogens is 5. The summed E-state index contributed by atoms with van der Waals surface area (Å²) in [7, 11) is 0. The van der Waals surface area contributed by atoms with Crippen LogP contribution in [-0.2, 0) is 6.54 Å². The number of hydrogen-bond donors (Lipinski definition) is 0. The van der Waals surface area contributed by atoms with Gasteiger partial charge in [-0.1, -0.05) is 0 Å².